The third-order valence-corrected chi connectivity index (χ3v) is 3.67. The summed E-state index contributed by atoms with van der Waals surface area (Å²) in [7, 11) is 0. The Hall–Kier alpha value is -1.11. The first-order chi connectivity index (χ1) is 8.19. The normalized spacial score (nSPS) is 10.5. The second-order valence-electron chi connectivity index (χ2n) is 3.25. The van der Waals surface area contributed by atoms with Crippen LogP contribution in [-0.2, 0) is 13.2 Å². The summed E-state index contributed by atoms with van der Waals surface area (Å²) in [6, 6.07) is 3.15. The lowest BCUT2D eigenvalue weighted by Crippen LogP contribution is -2.07. The van der Waals surface area contributed by atoms with E-state index in [0.717, 1.165) is 9.35 Å². The second kappa shape index (κ2) is 5.48. The fourth-order valence-electron chi connectivity index (χ4n) is 1.21. The summed E-state index contributed by atoms with van der Waals surface area (Å²) in [4.78, 5) is 12.5. The second-order valence-corrected chi connectivity index (χ2v) is 5.16. The van der Waals surface area contributed by atoms with Crippen molar-refractivity contribution in [3.05, 3.63) is 49.1 Å². The summed E-state index contributed by atoms with van der Waals surface area (Å²) in [6.45, 7) is 0.0207. The zero-order valence-corrected chi connectivity index (χ0v) is 11.1. The molecule has 0 amide bonds. The number of ether oxygens (including phenoxy) is 1. The molecule has 0 saturated heterocycles. The van der Waals surface area contributed by atoms with Crippen LogP contribution in [0.15, 0.2) is 37.5 Å². The van der Waals surface area contributed by atoms with Gasteiger partial charge in [-0.3, -0.25) is 4.79 Å². The smallest absolute Gasteiger partial charge is 0.227 e. The van der Waals surface area contributed by atoms with Crippen LogP contribution in [-0.4, -0.2) is 5.11 Å². The van der Waals surface area contributed by atoms with Gasteiger partial charge in [-0.1, -0.05) is 0 Å². The van der Waals surface area contributed by atoms with Gasteiger partial charge in [0, 0.05) is 20.8 Å². The summed E-state index contributed by atoms with van der Waals surface area (Å²) >= 11 is 4.88. The molecule has 90 valence electrons. The Morgan fingerprint density at radius 1 is 1.47 bits per heavy atom. The summed E-state index contributed by atoms with van der Waals surface area (Å²) < 4.78 is 11.3. The summed E-state index contributed by atoms with van der Waals surface area (Å²) in [5.41, 5.74) is -0.295. The van der Waals surface area contributed by atoms with Crippen molar-refractivity contribution in [2.24, 2.45) is 0 Å². The van der Waals surface area contributed by atoms with E-state index < -0.39 is 0 Å². The largest absolute Gasteiger partial charge is 0.481 e. The highest BCUT2D eigenvalue weighted by atomic mass is 79.9. The molecule has 0 aliphatic carbocycles. The minimum absolute atomic E-state index is 0.145. The average molecular weight is 317 g/mol. The Labute approximate surface area is 110 Å². The van der Waals surface area contributed by atoms with Gasteiger partial charge >= 0.3 is 0 Å². The lowest BCUT2D eigenvalue weighted by atomic mass is 10.4. The molecule has 0 radical (unpaired) electrons. The molecular formula is C11H9BrO4S. The van der Waals surface area contributed by atoms with Crippen LogP contribution in [0.3, 0.4) is 0 Å². The van der Waals surface area contributed by atoms with Gasteiger partial charge in [-0.2, -0.15) is 0 Å². The summed E-state index contributed by atoms with van der Waals surface area (Å²) in [5.74, 6) is 0.368. The highest BCUT2D eigenvalue weighted by Gasteiger charge is 2.05. The molecule has 0 aliphatic rings. The van der Waals surface area contributed by atoms with Crippen LogP contribution in [0.5, 0.6) is 5.75 Å². The molecule has 6 heteroatoms. The van der Waals surface area contributed by atoms with E-state index >= 15 is 0 Å². The van der Waals surface area contributed by atoms with Crippen LogP contribution in [0, 0.1) is 0 Å². The minimum atomic E-state index is -0.298. The van der Waals surface area contributed by atoms with E-state index in [0.29, 0.717) is 6.61 Å². The molecule has 0 aromatic carbocycles. The molecule has 2 rings (SSSR count). The zero-order chi connectivity index (χ0) is 12.3. The molecule has 0 bridgehead atoms. The number of hydrogen-bond donors (Lipinski definition) is 1. The number of aliphatic hydroxyl groups excluding tert-OH is 1. The van der Waals surface area contributed by atoms with Crippen LogP contribution in [0.2, 0.25) is 0 Å². The van der Waals surface area contributed by atoms with Crippen LogP contribution in [0.25, 0.3) is 0 Å². The van der Waals surface area contributed by atoms with Crippen molar-refractivity contribution in [1.29, 1.82) is 0 Å². The van der Waals surface area contributed by atoms with E-state index in [4.69, 9.17) is 14.3 Å². The van der Waals surface area contributed by atoms with E-state index in [1.54, 1.807) is 0 Å². The molecule has 0 unspecified atom stereocenters. The molecule has 2 heterocycles. The van der Waals surface area contributed by atoms with Crippen LogP contribution >= 0.6 is 27.3 Å². The van der Waals surface area contributed by atoms with Crippen molar-refractivity contribution < 1.29 is 14.3 Å². The van der Waals surface area contributed by atoms with E-state index in [-0.39, 0.29) is 23.5 Å². The van der Waals surface area contributed by atoms with Crippen molar-refractivity contribution in [1.82, 2.24) is 0 Å². The molecule has 2 aromatic rings. The maximum absolute atomic E-state index is 11.5. The Balaban J connectivity index is 2.06. The molecule has 4 nitrogen and oxygen atoms in total. The first-order valence-corrected chi connectivity index (χ1v) is 6.44. The van der Waals surface area contributed by atoms with E-state index in [9.17, 15) is 4.79 Å². The van der Waals surface area contributed by atoms with E-state index in [1.165, 1.54) is 23.7 Å². The predicted octanol–water partition coefficient (Wildman–Crippen LogP) is 2.54. The highest BCUT2D eigenvalue weighted by Crippen LogP contribution is 2.20. The average Bonchev–Trinajstić information content (AvgIpc) is 2.73. The lowest BCUT2D eigenvalue weighted by molar-refractivity contribution is 0.236. The van der Waals surface area contributed by atoms with Gasteiger partial charge in [-0.05, 0) is 22.0 Å². The van der Waals surface area contributed by atoms with Gasteiger partial charge in [0.05, 0.1) is 0 Å². The standard InChI is InChI=1S/C11H9BrO4S/c12-7-1-9(17-6-7)4-16-11-5-15-8(3-13)2-10(11)14/h1-2,5-6,13H,3-4H2. The van der Waals surface area contributed by atoms with Gasteiger partial charge in [0.2, 0.25) is 11.2 Å². The Morgan fingerprint density at radius 3 is 2.88 bits per heavy atom. The zero-order valence-electron chi connectivity index (χ0n) is 8.68. The molecule has 0 fully saturated rings. The van der Waals surface area contributed by atoms with Crippen LogP contribution < -0.4 is 10.2 Å². The molecule has 2 aromatic heterocycles. The Kier molecular flexibility index (Phi) is 3.98. The van der Waals surface area contributed by atoms with Gasteiger partial charge < -0.3 is 14.3 Å². The number of halogens is 1. The van der Waals surface area contributed by atoms with Crippen molar-refractivity contribution >= 4 is 27.3 Å². The third kappa shape index (κ3) is 3.18. The van der Waals surface area contributed by atoms with Crippen LogP contribution in [0.4, 0.5) is 0 Å². The van der Waals surface area contributed by atoms with Crippen molar-refractivity contribution in [3.63, 3.8) is 0 Å². The SMILES string of the molecule is O=c1cc(CO)occ1OCc1cc(Br)cs1. The number of aliphatic hydroxyl groups is 1. The first-order valence-electron chi connectivity index (χ1n) is 4.77. The van der Waals surface area contributed by atoms with Crippen molar-refractivity contribution in [2.75, 3.05) is 0 Å². The maximum atomic E-state index is 11.5. The molecule has 0 atom stereocenters. The van der Waals surface area contributed by atoms with Gasteiger partial charge in [0.25, 0.3) is 0 Å². The fourth-order valence-corrected chi connectivity index (χ4v) is 2.57. The van der Waals surface area contributed by atoms with Gasteiger partial charge in [0.1, 0.15) is 25.2 Å². The van der Waals surface area contributed by atoms with Crippen molar-refractivity contribution in [2.45, 2.75) is 13.2 Å². The number of rotatable bonds is 4. The molecular weight excluding hydrogens is 308 g/mol. The summed E-state index contributed by atoms with van der Waals surface area (Å²) in [6.07, 6.45) is 1.22. The topological polar surface area (TPSA) is 59.7 Å². The highest BCUT2D eigenvalue weighted by molar-refractivity contribution is 9.10. The molecule has 0 saturated carbocycles. The quantitative estimate of drug-likeness (QED) is 0.941. The first kappa shape index (κ1) is 12.3. The minimum Gasteiger partial charge on any atom is -0.481 e. The molecule has 0 aliphatic heterocycles. The fraction of sp³-hybridized carbons (Fsp3) is 0.182. The van der Waals surface area contributed by atoms with Crippen molar-refractivity contribution in [3.8, 4) is 5.75 Å². The lowest BCUT2D eigenvalue weighted by Gasteiger charge is -2.03. The van der Waals surface area contributed by atoms with Crippen LogP contribution in [0.1, 0.15) is 10.6 Å². The Morgan fingerprint density at radius 2 is 2.29 bits per heavy atom. The van der Waals surface area contributed by atoms with Gasteiger partial charge in [0.15, 0.2) is 0 Å². The molecule has 1 N–H and O–H groups in total. The van der Waals surface area contributed by atoms with Gasteiger partial charge in [-0.15, -0.1) is 11.3 Å². The number of hydrogen-bond acceptors (Lipinski definition) is 5. The molecule has 0 spiro atoms. The molecule has 17 heavy (non-hydrogen) atoms. The Bertz CT molecular complexity index is 561. The number of thiophene rings is 1. The maximum Gasteiger partial charge on any atom is 0.227 e. The van der Waals surface area contributed by atoms with Gasteiger partial charge in [-0.25, -0.2) is 0 Å². The summed E-state index contributed by atoms with van der Waals surface area (Å²) in [5, 5.41) is 10.7. The van der Waals surface area contributed by atoms with E-state index in [1.807, 2.05) is 11.4 Å². The van der Waals surface area contributed by atoms with E-state index in [2.05, 4.69) is 15.9 Å². The monoisotopic (exact) mass is 316 g/mol. The third-order valence-electron chi connectivity index (χ3n) is 2.00. The predicted molar refractivity (Wildman–Crippen MR) is 67.3 cm³/mol.